The van der Waals surface area contributed by atoms with E-state index in [1.54, 1.807) is 56.3 Å². The fourth-order valence-electron chi connectivity index (χ4n) is 6.10. The molecule has 6 rings (SSSR count). The molecule has 0 spiro atoms. The van der Waals surface area contributed by atoms with Crippen molar-refractivity contribution in [1.29, 1.82) is 0 Å². The molecule has 1 aromatic heterocycles. The molecule has 0 saturated carbocycles. The zero-order valence-electron chi connectivity index (χ0n) is 26.3. The van der Waals surface area contributed by atoms with Gasteiger partial charge in [0.1, 0.15) is 30.2 Å². The van der Waals surface area contributed by atoms with E-state index in [1.807, 2.05) is 0 Å². The number of likely N-dealkylation sites (N-methyl/N-ethyl adjacent to an activating group) is 1. The molecule has 15 heteroatoms. The number of hydrogen-bond donors (Lipinski definition) is 1. The minimum absolute atomic E-state index is 0.0366. The van der Waals surface area contributed by atoms with Crippen LogP contribution in [0.1, 0.15) is 29.8 Å². The van der Waals surface area contributed by atoms with Crippen LogP contribution in [-0.4, -0.2) is 89.9 Å². The average Bonchev–Trinajstić information content (AvgIpc) is 3.44. The first-order valence-corrected chi connectivity index (χ1v) is 16.6. The summed E-state index contributed by atoms with van der Waals surface area (Å²) in [5.74, 6) is -3.01. The molecule has 48 heavy (non-hydrogen) atoms. The first kappa shape index (κ1) is 33.6. The Labute approximate surface area is 275 Å². The maximum atomic E-state index is 14.8. The Morgan fingerprint density at radius 3 is 2.58 bits per heavy atom. The Hall–Kier alpha value is -4.25. The number of amides is 1. The maximum Gasteiger partial charge on any atom is 0.270 e. The summed E-state index contributed by atoms with van der Waals surface area (Å²) in [5.41, 5.74) is 0.0831. The zero-order chi connectivity index (χ0) is 34.4. The molecule has 4 aromatic rings. The number of nitrogens with zero attached hydrogens (tertiary/aromatic N) is 3. The Bertz CT molecular complexity index is 1950. The van der Waals surface area contributed by atoms with Crippen LogP contribution in [0, 0.1) is 15.9 Å². The van der Waals surface area contributed by atoms with E-state index < -0.39 is 74.4 Å². The van der Waals surface area contributed by atoms with Crippen LogP contribution in [0.3, 0.4) is 0 Å². The molecule has 254 valence electrons. The number of hydrogen-bond acceptors (Lipinski definition) is 10. The summed E-state index contributed by atoms with van der Waals surface area (Å²) in [7, 11) is -2.61. The van der Waals surface area contributed by atoms with E-state index in [2.05, 4.69) is 0 Å². The number of ether oxygens (including phenoxy) is 4. The number of non-ortho nitro benzene ring substituents is 1. The largest absolute Gasteiger partial charge is 0.388 e. The van der Waals surface area contributed by atoms with Crippen molar-refractivity contribution in [3.05, 3.63) is 106 Å². The second-order valence-corrected chi connectivity index (χ2v) is 13.9. The molecule has 0 aliphatic carbocycles. The summed E-state index contributed by atoms with van der Waals surface area (Å²) in [4.78, 5) is 25.3. The van der Waals surface area contributed by atoms with Gasteiger partial charge in [-0.05, 0) is 50.1 Å². The monoisotopic (exact) mass is 683 g/mol. The highest BCUT2D eigenvalue weighted by Crippen LogP contribution is 2.35. The lowest BCUT2D eigenvalue weighted by Gasteiger charge is -2.51. The highest BCUT2D eigenvalue weighted by molar-refractivity contribution is 7.90. The smallest absolute Gasteiger partial charge is 0.270 e. The van der Waals surface area contributed by atoms with Gasteiger partial charge in [-0.25, -0.2) is 16.8 Å². The summed E-state index contributed by atoms with van der Waals surface area (Å²) in [6, 6.07) is 16.4. The standard InChI is InChI=1S/C33H34FN3O10S/c1-33(2)45-19-27-30(47-33)29(38)28(35(3)31(39)24-17-21(37(40)41)13-14-25(24)34)32(46-27)44-16-15-20-18-36(26-12-8-7-11-23(20)26)48(42,43)22-9-5-4-6-10-22/h4-14,17-18,27-30,32,38H,15-16,19H2,1-3H3/t27-,28-,29-,30-,32-/m1/s1. The number of nitro groups is 1. The fraction of sp³-hybridized carbons (Fsp3) is 0.364. The lowest BCUT2D eigenvalue weighted by molar-refractivity contribution is -0.385. The third-order valence-corrected chi connectivity index (χ3v) is 10.2. The molecular weight excluding hydrogens is 649 g/mol. The zero-order valence-corrected chi connectivity index (χ0v) is 27.1. The maximum absolute atomic E-state index is 14.8. The molecule has 3 heterocycles. The number of carbonyl (C=O) groups is 1. The Morgan fingerprint density at radius 2 is 1.85 bits per heavy atom. The van der Waals surface area contributed by atoms with Gasteiger partial charge in [0, 0.05) is 30.8 Å². The van der Waals surface area contributed by atoms with Crippen LogP contribution in [-0.2, 0) is 35.4 Å². The molecule has 5 atom stereocenters. The number of carbonyl (C=O) groups excluding carboxylic acids is 1. The summed E-state index contributed by atoms with van der Waals surface area (Å²) >= 11 is 0. The van der Waals surface area contributed by atoms with Crippen LogP contribution >= 0.6 is 0 Å². The molecule has 2 saturated heterocycles. The molecule has 0 radical (unpaired) electrons. The SMILES string of the molecule is CN(C(=O)c1cc([N+](=O)[O-])ccc1F)[C@H]1[C@H](OCCc2cn(S(=O)(=O)c3ccccc3)c3ccccc23)O[C@@H]2COC(C)(C)O[C@H]2[C@@H]1O. The van der Waals surface area contributed by atoms with E-state index >= 15 is 0 Å². The highest BCUT2D eigenvalue weighted by Gasteiger charge is 2.53. The van der Waals surface area contributed by atoms with Gasteiger partial charge in [-0.1, -0.05) is 36.4 Å². The van der Waals surface area contributed by atoms with Crippen LogP contribution in [0.25, 0.3) is 10.9 Å². The number of benzene rings is 3. The van der Waals surface area contributed by atoms with Crippen molar-refractivity contribution in [2.24, 2.45) is 0 Å². The van der Waals surface area contributed by atoms with Crippen molar-refractivity contribution in [3.63, 3.8) is 0 Å². The number of rotatable bonds is 9. The third-order valence-electron chi connectivity index (χ3n) is 8.53. The van der Waals surface area contributed by atoms with Crippen LogP contribution in [0.2, 0.25) is 0 Å². The number of aliphatic hydroxyl groups excluding tert-OH is 1. The summed E-state index contributed by atoms with van der Waals surface area (Å²) in [6.45, 7) is 3.33. The summed E-state index contributed by atoms with van der Waals surface area (Å²) in [6.07, 6.45) is -2.66. The molecule has 0 bridgehead atoms. The minimum Gasteiger partial charge on any atom is -0.388 e. The molecule has 1 amide bonds. The van der Waals surface area contributed by atoms with Gasteiger partial charge >= 0.3 is 0 Å². The van der Waals surface area contributed by atoms with Crippen molar-refractivity contribution >= 4 is 32.5 Å². The number of nitro benzene ring substituents is 1. The van der Waals surface area contributed by atoms with E-state index in [1.165, 1.54) is 29.3 Å². The lowest BCUT2D eigenvalue weighted by atomic mass is 9.94. The lowest BCUT2D eigenvalue weighted by Crippen LogP contribution is -2.68. The van der Waals surface area contributed by atoms with Crippen molar-refractivity contribution in [2.45, 2.75) is 61.6 Å². The normalized spacial score (nSPS) is 23.8. The van der Waals surface area contributed by atoms with Crippen molar-refractivity contribution < 1.29 is 46.6 Å². The predicted octanol–water partition coefficient (Wildman–Crippen LogP) is 3.86. The van der Waals surface area contributed by atoms with Gasteiger partial charge in [0.25, 0.3) is 21.6 Å². The van der Waals surface area contributed by atoms with Crippen LogP contribution in [0.4, 0.5) is 10.1 Å². The van der Waals surface area contributed by atoms with Crippen molar-refractivity contribution in [1.82, 2.24) is 8.87 Å². The number of fused-ring (bicyclic) bond motifs is 2. The van der Waals surface area contributed by atoms with Crippen LogP contribution in [0.5, 0.6) is 0 Å². The van der Waals surface area contributed by atoms with Crippen LogP contribution in [0.15, 0.2) is 83.9 Å². The second-order valence-electron chi connectivity index (χ2n) is 12.1. The third kappa shape index (κ3) is 6.32. The molecule has 2 aliphatic rings. The molecule has 3 aromatic carbocycles. The van der Waals surface area contributed by atoms with Gasteiger partial charge in [0.15, 0.2) is 12.1 Å². The average molecular weight is 684 g/mol. The Kier molecular flexibility index (Phi) is 9.10. The van der Waals surface area contributed by atoms with Crippen molar-refractivity contribution in [2.75, 3.05) is 20.3 Å². The second kappa shape index (κ2) is 13.0. The highest BCUT2D eigenvalue weighted by atomic mass is 32.2. The van der Waals surface area contributed by atoms with Gasteiger partial charge in [0.2, 0.25) is 0 Å². The number of para-hydroxylation sites is 1. The van der Waals surface area contributed by atoms with E-state index in [-0.39, 0.29) is 24.5 Å². The first-order chi connectivity index (χ1) is 22.8. The number of aliphatic hydroxyl groups is 1. The van der Waals surface area contributed by atoms with Crippen molar-refractivity contribution in [3.8, 4) is 0 Å². The molecular formula is C33H34FN3O10S. The minimum atomic E-state index is -3.92. The molecule has 13 nitrogen and oxygen atoms in total. The van der Waals surface area contributed by atoms with Crippen LogP contribution < -0.4 is 0 Å². The van der Waals surface area contributed by atoms with Gasteiger partial charge < -0.3 is 29.0 Å². The van der Waals surface area contributed by atoms with E-state index in [4.69, 9.17) is 18.9 Å². The molecule has 1 N–H and O–H groups in total. The Morgan fingerprint density at radius 1 is 1.15 bits per heavy atom. The molecule has 0 unspecified atom stereocenters. The first-order valence-electron chi connectivity index (χ1n) is 15.2. The summed E-state index contributed by atoms with van der Waals surface area (Å²) in [5, 5.41) is 23.6. The molecule has 2 aliphatic heterocycles. The summed E-state index contributed by atoms with van der Waals surface area (Å²) < 4.78 is 67.1. The van der Waals surface area contributed by atoms with E-state index in [0.29, 0.717) is 16.5 Å². The Balaban J connectivity index is 1.28. The molecule has 2 fully saturated rings. The van der Waals surface area contributed by atoms with E-state index in [9.17, 15) is 32.8 Å². The van der Waals surface area contributed by atoms with Gasteiger partial charge in [-0.3, -0.25) is 14.9 Å². The van der Waals surface area contributed by atoms with Gasteiger partial charge in [-0.15, -0.1) is 0 Å². The number of aromatic nitrogens is 1. The quantitative estimate of drug-likeness (QED) is 0.203. The van der Waals surface area contributed by atoms with E-state index in [0.717, 1.165) is 23.1 Å². The fourth-order valence-corrected chi connectivity index (χ4v) is 7.51. The topological polar surface area (TPSA) is 160 Å². The number of halogens is 1. The predicted molar refractivity (Wildman–Crippen MR) is 169 cm³/mol. The van der Waals surface area contributed by atoms with Gasteiger partial charge in [-0.2, -0.15) is 0 Å². The van der Waals surface area contributed by atoms with Gasteiger partial charge in [0.05, 0.1) is 34.1 Å².